The number of nitrogens with one attached hydrogen (secondary N) is 3. The summed E-state index contributed by atoms with van der Waals surface area (Å²) in [5.41, 5.74) is -0.0641. The van der Waals surface area contributed by atoms with Gasteiger partial charge in [-0.1, -0.05) is 0 Å². The van der Waals surface area contributed by atoms with Crippen molar-refractivity contribution in [3.63, 3.8) is 0 Å². The first kappa shape index (κ1) is 36.1. The number of anilines is 1. The Balaban J connectivity index is 3.59. The van der Waals surface area contributed by atoms with Crippen molar-refractivity contribution in [3.8, 4) is 0 Å². The first-order valence-corrected chi connectivity index (χ1v) is 14.6. The van der Waals surface area contributed by atoms with E-state index in [4.69, 9.17) is 14.9 Å². The zero-order valence-electron chi connectivity index (χ0n) is 20.6. The lowest BCUT2D eigenvalue weighted by molar-refractivity contribution is -0.144. The van der Waals surface area contributed by atoms with E-state index in [1.165, 1.54) is 0 Å². The van der Waals surface area contributed by atoms with Crippen LogP contribution in [-0.2, 0) is 14.3 Å². The molecule has 0 aliphatic carbocycles. The van der Waals surface area contributed by atoms with E-state index in [1.54, 1.807) is 67.8 Å². The van der Waals surface area contributed by atoms with Crippen LogP contribution in [0.15, 0.2) is 0 Å². The fourth-order valence-corrected chi connectivity index (χ4v) is 7.61. The quantitative estimate of drug-likeness (QED) is 0.0740. The van der Waals surface area contributed by atoms with Gasteiger partial charge in [-0.25, -0.2) is 0 Å². The van der Waals surface area contributed by atoms with Gasteiger partial charge < -0.3 is 51.3 Å². The maximum atomic E-state index is 13.3. The second-order valence-electron chi connectivity index (χ2n) is 8.25. The molecule has 0 bridgehead atoms. The predicted molar refractivity (Wildman–Crippen MR) is 162 cm³/mol. The van der Waals surface area contributed by atoms with Crippen molar-refractivity contribution in [3.05, 3.63) is 21.8 Å². The highest BCUT2D eigenvalue weighted by Crippen LogP contribution is 2.36. The Morgan fingerprint density at radius 1 is 0.744 bits per heavy atom. The van der Waals surface area contributed by atoms with Gasteiger partial charge in [0.25, 0.3) is 17.7 Å². The third-order valence-electron chi connectivity index (χ3n) is 5.09. The van der Waals surface area contributed by atoms with Gasteiger partial charge in [-0.2, -0.15) is 0 Å². The number of carbonyl (C=O) groups excluding carboxylic acids is 4. The Hall–Kier alpha value is -0.950. The zero-order valence-corrected chi connectivity index (χ0v) is 27.1. The molecule has 0 aliphatic rings. The molecule has 1 aromatic carbocycles. The summed E-state index contributed by atoms with van der Waals surface area (Å²) in [7, 11) is 0. The molecule has 14 nitrogen and oxygen atoms in total. The van der Waals surface area contributed by atoms with Gasteiger partial charge >= 0.3 is 5.97 Å². The second kappa shape index (κ2) is 17.8. The number of carbonyl (C=O) groups is 4. The van der Waals surface area contributed by atoms with E-state index in [9.17, 15) is 39.6 Å². The molecule has 9 N–H and O–H groups in total. The van der Waals surface area contributed by atoms with Crippen LogP contribution in [0.4, 0.5) is 5.69 Å². The lowest BCUT2D eigenvalue weighted by Gasteiger charge is -2.24. The number of amides is 3. The van der Waals surface area contributed by atoms with Crippen molar-refractivity contribution < 1.29 is 54.6 Å². The molecule has 17 heteroatoms. The molecule has 0 fully saturated rings. The summed E-state index contributed by atoms with van der Waals surface area (Å²) in [5, 5.41) is 64.5. The van der Waals surface area contributed by atoms with Crippen molar-refractivity contribution in [2.45, 2.75) is 44.1 Å². The third kappa shape index (κ3) is 11.1. The Bertz CT molecular complexity index is 983. The molecular weight excluding hydrogens is 863 g/mol. The van der Waals surface area contributed by atoms with E-state index in [2.05, 4.69) is 16.0 Å². The Kier molecular flexibility index (Phi) is 16.4. The molecule has 0 aliphatic heterocycles. The standard InChI is InChI=1S/C22H30I3N3O11/c1-9(33)39-8-14(36)28-20-18(24)15(21(37)26-10(4-29)2-12(34)6-31)17(23)16(19(20)25)22(38)27-11(5-30)3-13(35)7-32/h10-13,29-32,34-35H,2-8H2,1H3,(H,26,37)(H,27,38)(H,28,36). The van der Waals surface area contributed by atoms with Crippen LogP contribution in [0.1, 0.15) is 40.5 Å². The molecule has 0 spiro atoms. The molecule has 1 rings (SSSR count). The predicted octanol–water partition coefficient (Wildman–Crippen LogP) is -1.33. The van der Waals surface area contributed by atoms with Crippen LogP contribution in [0.2, 0.25) is 0 Å². The average Bonchev–Trinajstić information content (AvgIpc) is 2.88. The highest BCUT2D eigenvalue weighted by atomic mass is 127. The molecule has 0 heterocycles. The zero-order chi connectivity index (χ0) is 29.9. The Morgan fingerprint density at radius 2 is 1.15 bits per heavy atom. The van der Waals surface area contributed by atoms with Gasteiger partial charge in [0, 0.05) is 10.5 Å². The molecule has 1 aromatic rings. The number of hydrogen-bond acceptors (Lipinski definition) is 11. The van der Waals surface area contributed by atoms with E-state index >= 15 is 0 Å². The van der Waals surface area contributed by atoms with Gasteiger partial charge in [0.15, 0.2) is 6.61 Å². The van der Waals surface area contributed by atoms with Crippen LogP contribution in [0, 0.1) is 10.7 Å². The maximum Gasteiger partial charge on any atom is 0.303 e. The smallest absolute Gasteiger partial charge is 0.303 e. The number of benzene rings is 1. The number of aliphatic hydroxyl groups excluding tert-OH is 6. The number of ether oxygens (including phenoxy) is 1. The molecule has 39 heavy (non-hydrogen) atoms. The molecular formula is C22H30I3N3O11. The maximum absolute atomic E-state index is 13.3. The SMILES string of the molecule is CC(=O)OCC(=O)Nc1c(I)c(C(=O)NC(CO)CC(O)CO)c(I)c(C(=O)NC(CO)CC(O)CO)c1I. The van der Waals surface area contributed by atoms with Crippen molar-refractivity contribution in [2.75, 3.05) is 38.4 Å². The van der Waals surface area contributed by atoms with E-state index in [0.29, 0.717) is 0 Å². The average molecular weight is 893 g/mol. The minimum atomic E-state index is -1.21. The molecule has 0 aromatic heterocycles. The molecule has 220 valence electrons. The van der Waals surface area contributed by atoms with Crippen molar-refractivity contribution in [2.24, 2.45) is 0 Å². The van der Waals surface area contributed by atoms with Gasteiger partial charge in [-0.15, -0.1) is 0 Å². The summed E-state index contributed by atoms with van der Waals surface area (Å²) in [6.07, 6.45) is -2.75. The van der Waals surface area contributed by atoms with Gasteiger partial charge in [-0.05, 0) is 80.6 Å². The Labute approximate surface area is 264 Å². The highest BCUT2D eigenvalue weighted by molar-refractivity contribution is 14.1. The van der Waals surface area contributed by atoms with E-state index < -0.39 is 81.0 Å². The summed E-state index contributed by atoms with van der Waals surface area (Å²) in [4.78, 5) is 50.2. The highest BCUT2D eigenvalue weighted by Gasteiger charge is 2.31. The number of rotatable bonds is 15. The van der Waals surface area contributed by atoms with E-state index in [-0.39, 0.29) is 40.4 Å². The number of hydrogen-bond donors (Lipinski definition) is 9. The monoisotopic (exact) mass is 893 g/mol. The van der Waals surface area contributed by atoms with Crippen molar-refractivity contribution in [1.29, 1.82) is 0 Å². The minimum absolute atomic E-state index is 0.0518. The molecule has 3 amide bonds. The fourth-order valence-electron chi connectivity index (χ4n) is 3.19. The van der Waals surface area contributed by atoms with Crippen LogP contribution < -0.4 is 16.0 Å². The van der Waals surface area contributed by atoms with Crippen LogP contribution in [0.25, 0.3) is 0 Å². The minimum Gasteiger partial charge on any atom is -0.456 e. The first-order valence-electron chi connectivity index (χ1n) is 11.4. The second-order valence-corrected chi connectivity index (χ2v) is 11.5. The topological polar surface area (TPSA) is 235 Å². The lowest BCUT2D eigenvalue weighted by Crippen LogP contribution is -2.43. The number of aliphatic hydroxyl groups is 6. The Morgan fingerprint density at radius 3 is 1.49 bits per heavy atom. The van der Waals surface area contributed by atoms with Crippen molar-refractivity contribution >= 4 is 97.2 Å². The third-order valence-corrected chi connectivity index (χ3v) is 8.32. The van der Waals surface area contributed by atoms with Gasteiger partial charge in [-0.3, -0.25) is 19.2 Å². The fraction of sp³-hybridized carbons (Fsp3) is 0.545. The van der Waals surface area contributed by atoms with Crippen LogP contribution in [0.5, 0.6) is 0 Å². The first-order chi connectivity index (χ1) is 18.3. The normalized spacial score (nSPS) is 14.1. The summed E-state index contributed by atoms with van der Waals surface area (Å²) in [6.45, 7) is -1.83. The van der Waals surface area contributed by atoms with Crippen molar-refractivity contribution in [1.82, 2.24) is 10.6 Å². The van der Waals surface area contributed by atoms with E-state index in [1.807, 2.05) is 0 Å². The number of halogens is 3. The summed E-state index contributed by atoms with van der Waals surface area (Å²) >= 11 is 5.35. The summed E-state index contributed by atoms with van der Waals surface area (Å²) < 4.78 is 5.27. The lowest BCUT2D eigenvalue weighted by atomic mass is 10.0. The largest absolute Gasteiger partial charge is 0.456 e. The summed E-state index contributed by atoms with van der Waals surface area (Å²) in [5.74, 6) is -2.97. The van der Waals surface area contributed by atoms with Crippen LogP contribution in [-0.4, -0.2) is 112 Å². The molecule has 0 saturated heterocycles. The molecule has 4 atom stereocenters. The summed E-state index contributed by atoms with van der Waals surface area (Å²) in [6, 6.07) is -1.91. The van der Waals surface area contributed by atoms with E-state index in [0.717, 1.165) is 6.92 Å². The van der Waals surface area contributed by atoms with Gasteiger partial charge in [0.2, 0.25) is 0 Å². The van der Waals surface area contributed by atoms with Crippen LogP contribution >= 0.6 is 67.8 Å². The number of esters is 1. The molecule has 0 radical (unpaired) electrons. The molecule has 0 saturated carbocycles. The van der Waals surface area contributed by atoms with Gasteiger partial charge in [0.05, 0.1) is 74.7 Å². The van der Waals surface area contributed by atoms with Crippen LogP contribution in [0.3, 0.4) is 0 Å². The molecule has 4 unspecified atom stereocenters. The van der Waals surface area contributed by atoms with Gasteiger partial charge in [0.1, 0.15) is 0 Å².